The van der Waals surface area contributed by atoms with E-state index in [-0.39, 0.29) is 12.1 Å². The number of carbonyl (C=O) groups excluding carboxylic acids is 1. The number of hydrogen-bond acceptors (Lipinski definition) is 5. The second kappa shape index (κ2) is 8.96. The molecule has 1 aliphatic rings. The number of rotatable bonds is 4. The zero-order valence-electron chi connectivity index (χ0n) is 17.3. The van der Waals surface area contributed by atoms with Crippen molar-refractivity contribution >= 4 is 29.2 Å². The van der Waals surface area contributed by atoms with Crippen molar-refractivity contribution in [2.24, 2.45) is 4.99 Å². The molecular formula is C21H31N3O2S. The van der Waals surface area contributed by atoms with Gasteiger partial charge in [0.2, 0.25) is 0 Å². The predicted octanol–water partition coefficient (Wildman–Crippen LogP) is 4.87. The lowest BCUT2D eigenvalue weighted by Crippen LogP contribution is -2.55. The minimum atomic E-state index is -0.468. The van der Waals surface area contributed by atoms with Crippen molar-refractivity contribution in [1.29, 1.82) is 0 Å². The quantitative estimate of drug-likeness (QED) is 0.544. The van der Waals surface area contributed by atoms with Crippen LogP contribution >= 0.6 is 12.2 Å². The molecule has 0 aliphatic carbocycles. The number of nitrogens with zero attached hydrogens (tertiary/aromatic N) is 3. The monoisotopic (exact) mass is 389 g/mol. The van der Waals surface area contributed by atoms with E-state index >= 15 is 0 Å². The number of amides is 1. The number of aliphatic imine (C=N–C) groups is 1. The lowest BCUT2D eigenvalue weighted by atomic mass is 10.0. The van der Waals surface area contributed by atoms with Crippen molar-refractivity contribution in [3.63, 3.8) is 0 Å². The first-order valence-corrected chi connectivity index (χ1v) is 9.95. The molecular weight excluding hydrogens is 358 g/mol. The van der Waals surface area contributed by atoms with E-state index in [4.69, 9.17) is 17.0 Å². The molecule has 1 amide bonds. The third-order valence-corrected chi connectivity index (χ3v) is 4.95. The molecule has 0 unspecified atom stereocenters. The molecule has 0 radical (unpaired) electrons. The standard InChI is InChI=1S/C21H31N3O2S/c1-7-18-13-23(8-9-24(18)20(25)26-21(4,5)6)12-17-10-15(2)11-19(16(17)3)22-14-27/h10-11,18H,7-9,12-13H2,1-6H3/t18-/m0/s1. The second-order valence-corrected chi connectivity index (χ2v) is 8.42. The largest absolute Gasteiger partial charge is 0.444 e. The van der Waals surface area contributed by atoms with Crippen LogP contribution in [0.4, 0.5) is 10.5 Å². The van der Waals surface area contributed by atoms with Crippen molar-refractivity contribution in [1.82, 2.24) is 9.80 Å². The summed E-state index contributed by atoms with van der Waals surface area (Å²) >= 11 is 4.77. The molecule has 0 spiro atoms. The summed E-state index contributed by atoms with van der Waals surface area (Å²) in [4.78, 5) is 21.0. The molecule has 0 aromatic heterocycles. The van der Waals surface area contributed by atoms with Crippen LogP contribution in [0.25, 0.3) is 0 Å². The summed E-state index contributed by atoms with van der Waals surface area (Å²) in [6.45, 7) is 15.2. The summed E-state index contributed by atoms with van der Waals surface area (Å²) in [7, 11) is 0. The van der Waals surface area contributed by atoms with Crippen LogP contribution in [0.3, 0.4) is 0 Å². The third kappa shape index (κ3) is 5.86. The van der Waals surface area contributed by atoms with Crippen molar-refractivity contribution < 1.29 is 9.53 Å². The number of piperazine rings is 1. The van der Waals surface area contributed by atoms with Crippen molar-refractivity contribution in [2.75, 3.05) is 19.6 Å². The Hall–Kier alpha value is -1.75. The Morgan fingerprint density at radius 2 is 2.04 bits per heavy atom. The number of thiocarbonyl (C=S) groups is 1. The van der Waals surface area contributed by atoms with Gasteiger partial charge in [-0.15, -0.1) is 0 Å². The molecule has 1 aliphatic heterocycles. The molecule has 27 heavy (non-hydrogen) atoms. The normalized spacial score (nSPS) is 18.1. The van der Waals surface area contributed by atoms with Gasteiger partial charge in [-0.2, -0.15) is 4.99 Å². The number of aryl methyl sites for hydroxylation is 1. The maximum absolute atomic E-state index is 12.5. The summed E-state index contributed by atoms with van der Waals surface area (Å²) in [6, 6.07) is 4.41. The summed E-state index contributed by atoms with van der Waals surface area (Å²) in [5, 5.41) is 2.47. The van der Waals surface area contributed by atoms with Gasteiger partial charge in [-0.3, -0.25) is 4.90 Å². The maximum Gasteiger partial charge on any atom is 0.410 e. The fourth-order valence-corrected chi connectivity index (χ4v) is 3.56. The first-order chi connectivity index (χ1) is 12.6. The Bertz CT molecular complexity index is 736. The van der Waals surface area contributed by atoms with Crippen LogP contribution in [0.5, 0.6) is 0 Å². The molecule has 5 nitrogen and oxygen atoms in total. The zero-order chi connectivity index (χ0) is 20.2. The van der Waals surface area contributed by atoms with Crippen LogP contribution in [0.15, 0.2) is 17.1 Å². The van der Waals surface area contributed by atoms with Crippen LogP contribution in [-0.4, -0.2) is 52.3 Å². The molecule has 1 saturated heterocycles. The minimum Gasteiger partial charge on any atom is -0.444 e. The first-order valence-electron chi connectivity index (χ1n) is 9.54. The summed E-state index contributed by atoms with van der Waals surface area (Å²) < 4.78 is 5.58. The lowest BCUT2D eigenvalue weighted by molar-refractivity contribution is -0.00302. The highest BCUT2D eigenvalue weighted by molar-refractivity contribution is 7.78. The fraction of sp³-hybridized carbons (Fsp3) is 0.619. The predicted molar refractivity (Wildman–Crippen MR) is 113 cm³/mol. The maximum atomic E-state index is 12.5. The molecule has 6 heteroatoms. The molecule has 1 heterocycles. The number of carbonyl (C=O) groups is 1. The Kier molecular flexibility index (Phi) is 7.15. The van der Waals surface area contributed by atoms with E-state index in [0.29, 0.717) is 6.54 Å². The highest BCUT2D eigenvalue weighted by atomic mass is 32.1. The lowest BCUT2D eigenvalue weighted by Gasteiger charge is -2.41. The Morgan fingerprint density at radius 1 is 1.33 bits per heavy atom. The summed E-state index contributed by atoms with van der Waals surface area (Å²) in [6.07, 6.45) is 0.696. The molecule has 0 N–H and O–H groups in total. The van der Waals surface area contributed by atoms with Crippen molar-refractivity contribution in [2.45, 2.75) is 66.2 Å². The van der Waals surface area contributed by atoms with E-state index in [2.05, 4.69) is 41.9 Å². The van der Waals surface area contributed by atoms with Crippen LogP contribution in [-0.2, 0) is 11.3 Å². The summed E-state index contributed by atoms with van der Waals surface area (Å²) in [5.74, 6) is 0. The van der Waals surface area contributed by atoms with E-state index in [9.17, 15) is 4.79 Å². The van der Waals surface area contributed by atoms with Crippen molar-refractivity contribution in [3.8, 4) is 0 Å². The number of benzene rings is 1. The molecule has 2 rings (SSSR count). The third-order valence-electron chi connectivity index (χ3n) is 4.86. The van der Waals surface area contributed by atoms with Gasteiger partial charge < -0.3 is 9.64 Å². The molecule has 1 aromatic carbocycles. The van der Waals surface area contributed by atoms with Gasteiger partial charge in [0.25, 0.3) is 0 Å². The number of hydrogen-bond donors (Lipinski definition) is 0. The van der Waals surface area contributed by atoms with Crippen molar-refractivity contribution in [3.05, 3.63) is 28.8 Å². The van der Waals surface area contributed by atoms with Gasteiger partial charge in [-0.05, 0) is 76.0 Å². The van der Waals surface area contributed by atoms with Crippen LogP contribution in [0.1, 0.15) is 50.8 Å². The average molecular weight is 390 g/mol. The van der Waals surface area contributed by atoms with E-state index in [1.807, 2.05) is 31.7 Å². The van der Waals surface area contributed by atoms with Crippen LogP contribution in [0.2, 0.25) is 0 Å². The van der Waals surface area contributed by atoms with Gasteiger partial charge >= 0.3 is 6.09 Å². The molecule has 0 bridgehead atoms. The van der Waals surface area contributed by atoms with Crippen LogP contribution in [0, 0.1) is 13.8 Å². The fourth-order valence-electron chi connectivity index (χ4n) is 3.46. The Labute approximate surface area is 168 Å². The van der Waals surface area contributed by atoms with E-state index in [1.165, 1.54) is 11.1 Å². The molecule has 1 atom stereocenters. The molecule has 1 fully saturated rings. The van der Waals surface area contributed by atoms with Gasteiger partial charge in [0.15, 0.2) is 0 Å². The summed E-state index contributed by atoms with van der Waals surface area (Å²) in [5.41, 5.74) is 3.97. The van der Waals surface area contributed by atoms with E-state index in [0.717, 1.165) is 37.3 Å². The second-order valence-electron chi connectivity index (χ2n) is 8.24. The number of ether oxygens (including phenoxy) is 1. The number of isothiocyanates is 1. The SMILES string of the molecule is CC[C@H]1CN(Cc2cc(C)cc(N=C=S)c2C)CCN1C(=O)OC(C)(C)C. The van der Waals surface area contributed by atoms with E-state index in [1.54, 1.807) is 0 Å². The van der Waals surface area contributed by atoms with Gasteiger partial charge in [-0.1, -0.05) is 13.0 Å². The van der Waals surface area contributed by atoms with Crippen LogP contribution < -0.4 is 0 Å². The smallest absolute Gasteiger partial charge is 0.410 e. The molecule has 0 saturated carbocycles. The molecule has 148 valence electrons. The van der Waals surface area contributed by atoms with Gasteiger partial charge in [0, 0.05) is 32.2 Å². The Morgan fingerprint density at radius 3 is 2.63 bits per heavy atom. The topological polar surface area (TPSA) is 45.1 Å². The first kappa shape index (κ1) is 21.5. The minimum absolute atomic E-state index is 0.164. The zero-order valence-corrected chi connectivity index (χ0v) is 18.2. The molecule has 1 aromatic rings. The van der Waals surface area contributed by atoms with Gasteiger partial charge in [0.05, 0.1) is 10.8 Å². The van der Waals surface area contributed by atoms with Gasteiger partial charge in [-0.25, -0.2) is 4.79 Å². The Balaban J connectivity index is 2.11. The highest BCUT2D eigenvalue weighted by Crippen LogP contribution is 2.26. The highest BCUT2D eigenvalue weighted by Gasteiger charge is 2.32. The van der Waals surface area contributed by atoms with Gasteiger partial charge in [0.1, 0.15) is 5.60 Å². The average Bonchev–Trinajstić information content (AvgIpc) is 2.57. The van der Waals surface area contributed by atoms with E-state index < -0.39 is 5.60 Å².